The Bertz CT molecular complexity index is 1400. The van der Waals surface area contributed by atoms with Crippen LogP contribution in [0.15, 0.2) is 41.5 Å². The summed E-state index contributed by atoms with van der Waals surface area (Å²) in [6.45, 7) is 10.5. The normalized spacial score (nSPS) is 13.8. The molecule has 0 spiro atoms. The molecule has 0 saturated carbocycles. The van der Waals surface area contributed by atoms with Crippen LogP contribution in [0.3, 0.4) is 0 Å². The quantitative estimate of drug-likeness (QED) is 0.499. The maximum Gasteiger partial charge on any atom is 0.278 e. The van der Waals surface area contributed by atoms with Gasteiger partial charge in [0, 0.05) is 49.1 Å². The molecule has 2 N–H and O–H groups in total. The van der Waals surface area contributed by atoms with Crippen LogP contribution in [0.2, 0.25) is 0 Å². The fourth-order valence-electron chi connectivity index (χ4n) is 4.11. The predicted molar refractivity (Wildman–Crippen MR) is 128 cm³/mol. The summed E-state index contributed by atoms with van der Waals surface area (Å²) >= 11 is 0. The predicted octanol–water partition coefficient (Wildman–Crippen LogP) is 3.08. The van der Waals surface area contributed by atoms with Crippen molar-refractivity contribution >= 4 is 22.7 Å². The number of rotatable bonds is 4. The van der Waals surface area contributed by atoms with Crippen molar-refractivity contribution in [3.05, 3.63) is 64.0 Å². The molecule has 33 heavy (non-hydrogen) atoms. The van der Waals surface area contributed by atoms with E-state index in [0.717, 1.165) is 36.6 Å². The molecule has 0 fully saturated rings. The maximum absolute atomic E-state index is 13.1. The van der Waals surface area contributed by atoms with Gasteiger partial charge in [-0.3, -0.25) is 9.78 Å². The molecule has 9 nitrogen and oxygen atoms in total. The summed E-state index contributed by atoms with van der Waals surface area (Å²) in [4.78, 5) is 31.6. The Morgan fingerprint density at radius 1 is 1.15 bits per heavy atom. The lowest BCUT2D eigenvalue weighted by molar-refractivity contribution is 0.545. The fraction of sp³-hybridized carbons (Fsp3) is 0.375. The average molecular weight is 445 g/mol. The van der Waals surface area contributed by atoms with Crippen LogP contribution in [0, 0.1) is 0 Å². The third-order valence-electron chi connectivity index (χ3n) is 5.86. The summed E-state index contributed by atoms with van der Waals surface area (Å²) in [6, 6.07) is 7.94. The minimum atomic E-state index is -0.136. The summed E-state index contributed by atoms with van der Waals surface area (Å²) in [5.41, 5.74) is 4.31. The molecular formula is C24H28N8O. The van der Waals surface area contributed by atoms with E-state index in [9.17, 15) is 4.79 Å². The molecule has 5 rings (SSSR count). The lowest BCUT2D eigenvalue weighted by Gasteiger charge is -2.19. The molecule has 4 aromatic rings. The molecule has 4 aromatic heterocycles. The zero-order valence-corrected chi connectivity index (χ0v) is 19.4. The Kier molecular flexibility index (Phi) is 5.20. The van der Waals surface area contributed by atoms with Crippen LogP contribution in [-0.4, -0.2) is 35.8 Å². The number of nitrogens with zero attached hydrogens (tertiary/aromatic N) is 6. The standard InChI is InChI=1S/C24H28N8O/c1-5-31-22(33)17-14-27-23(28-16-11-15-12-25-10-9-18(15)26-13-16)30-21(17)32(31)20-8-6-7-19(29-20)24(2,3)4/h6-8,11,13-14,25H,5,9-10,12H2,1-4H3,(H,27,28,30). The number of nitrogens with one attached hydrogen (secondary N) is 2. The van der Waals surface area contributed by atoms with Gasteiger partial charge in [0.05, 0.1) is 11.9 Å². The van der Waals surface area contributed by atoms with Crippen molar-refractivity contribution in [3.63, 3.8) is 0 Å². The van der Waals surface area contributed by atoms with Gasteiger partial charge in [-0.15, -0.1) is 0 Å². The maximum atomic E-state index is 13.1. The molecular weight excluding hydrogens is 416 g/mol. The number of fused-ring (bicyclic) bond motifs is 2. The molecule has 170 valence electrons. The molecule has 0 amide bonds. The Labute approximate surface area is 191 Å². The van der Waals surface area contributed by atoms with Crippen molar-refractivity contribution in [2.24, 2.45) is 0 Å². The highest BCUT2D eigenvalue weighted by Gasteiger charge is 2.20. The summed E-state index contributed by atoms with van der Waals surface area (Å²) in [5.74, 6) is 1.06. The number of aromatic nitrogens is 6. The topological polar surface area (TPSA) is 103 Å². The Morgan fingerprint density at radius 3 is 2.79 bits per heavy atom. The van der Waals surface area contributed by atoms with Gasteiger partial charge in [-0.2, -0.15) is 4.98 Å². The number of hydrogen-bond donors (Lipinski definition) is 2. The van der Waals surface area contributed by atoms with Crippen LogP contribution in [0.4, 0.5) is 11.6 Å². The first kappa shape index (κ1) is 21.3. The van der Waals surface area contributed by atoms with Crippen molar-refractivity contribution in [1.82, 2.24) is 34.6 Å². The molecule has 0 bridgehead atoms. The highest BCUT2D eigenvalue weighted by atomic mass is 16.1. The summed E-state index contributed by atoms with van der Waals surface area (Å²) in [7, 11) is 0. The second-order valence-corrected chi connectivity index (χ2v) is 9.28. The second-order valence-electron chi connectivity index (χ2n) is 9.28. The first-order valence-electron chi connectivity index (χ1n) is 11.3. The van der Waals surface area contributed by atoms with E-state index >= 15 is 0 Å². The zero-order valence-electron chi connectivity index (χ0n) is 19.4. The first-order chi connectivity index (χ1) is 15.8. The molecule has 0 aromatic carbocycles. The van der Waals surface area contributed by atoms with Crippen molar-refractivity contribution in [1.29, 1.82) is 0 Å². The molecule has 5 heterocycles. The smallest absolute Gasteiger partial charge is 0.278 e. The van der Waals surface area contributed by atoms with E-state index in [1.807, 2.05) is 25.1 Å². The van der Waals surface area contributed by atoms with Crippen LogP contribution in [-0.2, 0) is 24.9 Å². The largest absolute Gasteiger partial charge is 0.323 e. The van der Waals surface area contributed by atoms with Gasteiger partial charge < -0.3 is 10.6 Å². The minimum absolute atomic E-state index is 0.119. The van der Waals surface area contributed by atoms with Gasteiger partial charge in [-0.05, 0) is 30.7 Å². The van der Waals surface area contributed by atoms with Gasteiger partial charge in [-0.1, -0.05) is 26.8 Å². The third kappa shape index (κ3) is 3.89. The molecule has 1 aliphatic rings. The van der Waals surface area contributed by atoms with Gasteiger partial charge in [0.25, 0.3) is 5.56 Å². The van der Waals surface area contributed by atoms with Gasteiger partial charge in [0.2, 0.25) is 5.95 Å². The first-order valence-corrected chi connectivity index (χ1v) is 11.3. The minimum Gasteiger partial charge on any atom is -0.323 e. The molecule has 0 aliphatic carbocycles. The van der Waals surface area contributed by atoms with E-state index < -0.39 is 0 Å². The molecule has 1 aliphatic heterocycles. The van der Waals surface area contributed by atoms with Crippen LogP contribution in [0.1, 0.15) is 44.6 Å². The summed E-state index contributed by atoms with van der Waals surface area (Å²) in [5, 5.41) is 7.07. The highest BCUT2D eigenvalue weighted by Crippen LogP contribution is 2.23. The third-order valence-corrected chi connectivity index (χ3v) is 5.86. The van der Waals surface area contributed by atoms with Crippen molar-refractivity contribution < 1.29 is 0 Å². The molecule has 0 radical (unpaired) electrons. The molecule has 9 heteroatoms. The Hall–Kier alpha value is -3.59. The summed E-state index contributed by atoms with van der Waals surface area (Å²) in [6.07, 6.45) is 4.31. The summed E-state index contributed by atoms with van der Waals surface area (Å²) < 4.78 is 3.43. The van der Waals surface area contributed by atoms with Crippen LogP contribution < -0.4 is 16.2 Å². The van der Waals surface area contributed by atoms with Gasteiger partial charge >= 0.3 is 0 Å². The highest BCUT2D eigenvalue weighted by molar-refractivity contribution is 5.77. The SMILES string of the molecule is CCn1c(=O)c2cnc(Nc3cnc4c(c3)CNCC4)nc2n1-c1cccc(C(C)(C)C)n1. The monoisotopic (exact) mass is 444 g/mol. The van der Waals surface area contributed by atoms with E-state index in [-0.39, 0.29) is 11.0 Å². The van der Waals surface area contributed by atoms with Crippen LogP contribution in [0.5, 0.6) is 0 Å². The lowest BCUT2D eigenvalue weighted by atomic mass is 9.92. The van der Waals surface area contributed by atoms with E-state index in [1.54, 1.807) is 21.8 Å². The fourth-order valence-corrected chi connectivity index (χ4v) is 4.11. The van der Waals surface area contributed by atoms with E-state index in [1.165, 1.54) is 5.56 Å². The molecule has 0 unspecified atom stereocenters. The van der Waals surface area contributed by atoms with Gasteiger partial charge in [0.15, 0.2) is 11.5 Å². The van der Waals surface area contributed by atoms with Gasteiger partial charge in [-0.25, -0.2) is 19.3 Å². The van der Waals surface area contributed by atoms with E-state index in [4.69, 9.17) is 9.97 Å². The van der Waals surface area contributed by atoms with Gasteiger partial charge in [0.1, 0.15) is 5.39 Å². The van der Waals surface area contributed by atoms with Crippen LogP contribution >= 0.6 is 0 Å². The molecule has 0 atom stereocenters. The average Bonchev–Trinajstić information content (AvgIpc) is 3.09. The number of pyridine rings is 2. The zero-order chi connectivity index (χ0) is 23.2. The van der Waals surface area contributed by atoms with Crippen molar-refractivity contribution in [2.75, 3.05) is 11.9 Å². The number of hydrogen-bond acceptors (Lipinski definition) is 7. The lowest BCUT2D eigenvalue weighted by Crippen LogP contribution is -2.24. The van der Waals surface area contributed by atoms with E-state index in [2.05, 4.69) is 47.4 Å². The van der Waals surface area contributed by atoms with Crippen LogP contribution in [0.25, 0.3) is 16.9 Å². The number of anilines is 2. The van der Waals surface area contributed by atoms with Crippen molar-refractivity contribution in [3.8, 4) is 5.82 Å². The molecule has 0 saturated heterocycles. The Morgan fingerprint density at radius 2 is 2.00 bits per heavy atom. The Balaban J connectivity index is 1.60. The van der Waals surface area contributed by atoms with Crippen molar-refractivity contribution in [2.45, 2.75) is 52.6 Å². The van der Waals surface area contributed by atoms with E-state index in [0.29, 0.717) is 29.3 Å². The second kappa shape index (κ2) is 8.08.